The van der Waals surface area contributed by atoms with E-state index in [9.17, 15) is 9.59 Å². The van der Waals surface area contributed by atoms with Crippen LogP contribution < -0.4 is 14.8 Å². The molecule has 2 heterocycles. The lowest BCUT2D eigenvalue weighted by Gasteiger charge is -2.41. The van der Waals surface area contributed by atoms with E-state index in [1.165, 1.54) is 0 Å². The zero-order chi connectivity index (χ0) is 18.4. The van der Waals surface area contributed by atoms with Gasteiger partial charge in [0.15, 0.2) is 18.1 Å². The Morgan fingerprint density at radius 3 is 2.73 bits per heavy atom. The molecule has 26 heavy (non-hydrogen) atoms. The number of nitrogens with one attached hydrogen (secondary N) is 1. The van der Waals surface area contributed by atoms with Crippen molar-refractivity contribution >= 4 is 11.8 Å². The lowest BCUT2D eigenvalue weighted by atomic mass is 10.0. The van der Waals surface area contributed by atoms with E-state index in [1.54, 1.807) is 6.07 Å². The highest BCUT2D eigenvalue weighted by molar-refractivity contribution is 5.80. The lowest BCUT2D eigenvalue weighted by molar-refractivity contribution is -0.141. The van der Waals surface area contributed by atoms with Crippen molar-refractivity contribution in [3.05, 3.63) is 24.3 Å². The Morgan fingerprint density at radius 1 is 1.23 bits per heavy atom. The average Bonchev–Trinajstić information content (AvgIpc) is 2.68. The summed E-state index contributed by atoms with van der Waals surface area (Å²) < 4.78 is 11.2. The van der Waals surface area contributed by atoms with Crippen LogP contribution in [0.15, 0.2) is 24.3 Å². The number of carbonyl (C=O) groups is 2. The van der Waals surface area contributed by atoms with Crippen LogP contribution in [0.25, 0.3) is 0 Å². The van der Waals surface area contributed by atoms with Gasteiger partial charge in [-0.05, 0) is 31.9 Å². The first-order valence-corrected chi connectivity index (χ1v) is 9.31. The molecule has 0 aliphatic carbocycles. The number of likely N-dealkylation sites (tertiary alicyclic amines) is 1. The number of carbonyl (C=O) groups excluding carboxylic acids is 2. The molecule has 2 saturated heterocycles. The predicted octanol–water partition coefficient (Wildman–Crippen LogP) is 0.887. The van der Waals surface area contributed by atoms with Crippen molar-refractivity contribution < 1.29 is 19.1 Å². The number of piperazine rings is 1. The van der Waals surface area contributed by atoms with E-state index < -0.39 is 0 Å². The average molecular weight is 361 g/mol. The van der Waals surface area contributed by atoms with E-state index in [0.717, 1.165) is 19.4 Å². The van der Waals surface area contributed by atoms with E-state index in [0.29, 0.717) is 44.3 Å². The molecule has 3 rings (SSSR count). The molecular formula is C19H27N3O4. The van der Waals surface area contributed by atoms with Crippen LogP contribution in [0, 0.1) is 0 Å². The van der Waals surface area contributed by atoms with Crippen LogP contribution in [-0.4, -0.2) is 73.6 Å². The number of amides is 2. The summed E-state index contributed by atoms with van der Waals surface area (Å²) >= 11 is 0. The van der Waals surface area contributed by atoms with Gasteiger partial charge in [-0.1, -0.05) is 12.1 Å². The summed E-state index contributed by atoms with van der Waals surface area (Å²) in [5.74, 6) is 1.29. The number of piperidine rings is 1. The van der Waals surface area contributed by atoms with Gasteiger partial charge in [0.2, 0.25) is 5.91 Å². The third-order valence-corrected chi connectivity index (χ3v) is 4.82. The number of nitrogens with zero attached hydrogens (tertiary/aromatic N) is 2. The van der Waals surface area contributed by atoms with E-state index in [1.807, 2.05) is 34.9 Å². The number of para-hydroxylation sites is 2. The van der Waals surface area contributed by atoms with Gasteiger partial charge in [-0.25, -0.2) is 0 Å². The SMILES string of the molecule is CCOc1ccccc1OCC(=O)N1CCCC(N2CCNCC2=O)C1. The van der Waals surface area contributed by atoms with Crippen molar-refractivity contribution in [1.29, 1.82) is 0 Å². The molecule has 142 valence electrons. The fraction of sp³-hybridized carbons (Fsp3) is 0.579. The predicted molar refractivity (Wildman–Crippen MR) is 97.3 cm³/mol. The van der Waals surface area contributed by atoms with Crippen molar-refractivity contribution in [2.24, 2.45) is 0 Å². The van der Waals surface area contributed by atoms with E-state index in [4.69, 9.17) is 9.47 Å². The van der Waals surface area contributed by atoms with Crippen LogP contribution in [0.3, 0.4) is 0 Å². The summed E-state index contributed by atoms with van der Waals surface area (Å²) in [6.07, 6.45) is 1.85. The molecule has 2 amide bonds. The number of rotatable bonds is 6. The highest BCUT2D eigenvalue weighted by Gasteiger charge is 2.31. The van der Waals surface area contributed by atoms with Gasteiger partial charge in [-0.3, -0.25) is 9.59 Å². The molecule has 0 bridgehead atoms. The summed E-state index contributed by atoms with van der Waals surface area (Å²) in [4.78, 5) is 28.4. The van der Waals surface area contributed by atoms with Crippen molar-refractivity contribution in [1.82, 2.24) is 15.1 Å². The highest BCUT2D eigenvalue weighted by atomic mass is 16.5. The quantitative estimate of drug-likeness (QED) is 0.815. The molecule has 1 atom stereocenters. The van der Waals surface area contributed by atoms with E-state index in [-0.39, 0.29) is 24.5 Å². The molecule has 1 N–H and O–H groups in total. The second-order valence-corrected chi connectivity index (χ2v) is 6.57. The Morgan fingerprint density at radius 2 is 2.00 bits per heavy atom. The maximum atomic E-state index is 12.6. The van der Waals surface area contributed by atoms with E-state index in [2.05, 4.69) is 5.32 Å². The molecule has 7 heteroatoms. The second-order valence-electron chi connectivity index (χ2n) is 6.57. The molecule has 2 fully saturated rings. The van der Waals surface area contributed by atoms with E-state index >= 15 is 0 Å². The van der Waals surface area contributed by atoms with Crippen LogP contribution >= 0.6 is 0 Å². The smallest absolute Gasteiger partial charge is 0.260 e. The Hall–Kier alpha value is -2.28. The molecule has 7 nitrogen and oxygen atoms in total. The van der Waals surface area contributed by atoms with Gasteiger partial charge in [0.25, 0.3) is 5.91 Å². The van der Waals surface area contributed by atoms with Crippen LogP contribution in [-0.2, 0) is 9.59 Å². The second kappa shape index (κ2) is 8.89. The Labute approximate surface area is 154 Å². The topological polar surface area (TPSA) is 71.1 Å². The van der Waals surface area contributed by atoms with Crippen LogP contribution in [0.2, 0.25) is 0 Å². The zero-order valence-electron chi connectivity index (χ0n) is 15.3. The number of ether oxygens (including phenoxy) is 2. The van der Waals surface area contributed by atoms with Crippen molar-refractivity contribution in [2.75, 3.05) is 45.9 Å². The summed E-state index contributed by atoms with van der Waals surface area (Å²) in [5, 5.41) is 3.09. The standard InChI is InChI=1S/C19H27N3O4/c1-2-25-16-7-3-4-8-17(16)26-14-19(24)21-10-5-6-15(13-21)22-11-9-20-12-18(22)23/h3-4,7-8,15,20H,2,5-6,9-14H2,1H3. The van der Waals surface area contributed by atoms with Crippen molar-refractivity contribution in [3.8, 4) is 11.5 Å². The van der Waals surface area contributed by atoms with Crippen molar-refractivity contribution in [3.63, 3.8) is 0 Å². The fourth-order valence-corrected chi connectivity index (χ4v) is 3.52. The van der Waals surface area contributed by atoms with Crippen LogP contribution in [0.5, 0.6) is 11.5 Å². The minimum Gasteiger partial charge on any atom is -0.490 e. The summed E-state index contributed by atoms with van der Waals surface area (Å²) in [5.41, 5.74) is 0. The molecule has 1 aromatic carbocycles. The molecule has 0 radical (unpaired) electrons. The minimum absolute atomic E-state index is 0.0215. The minimum atomic E-state index is -0.0522. The molecular weight excluding hydrogens is 334 g/mol. The van der Waals surface area contributed by atoms with Gasteiger partial charge in [-0.15, -0.1) is 0 Å². The van der Waals surface area contributed by atoms with Gasteiger partial charge in [0.1, 0.15) is 0 Å². The maximum absolute atomic E-state index is 12.6. The van der Waals surface area contributed by atoms with Gasteiger partial charge >= 0.3 is 0 Å². The summed E-state index contributed by atoms with van der Waals surface area (Å²) in [6.45, 7) is 5.65. The highest BCUT2D eigenvalue weighted by Crippen LogP contribution is 2.26. The maximum Gasteiger partial charge on any atom is 0.260 e. The number of benzene rings is 1. The number of hydrogen-bond donors (Lipinski definition) is 1. The van der Waals surface area contributed by atoms with Gasteiger partial charge in [0, 0.05) is 32.2 Å². The van der Waals surface area contributed by atoms with Crippen LogP contribution in [0.1, 0.15) is 19.8 Å². The number of hydrogen-bond acceptors (Lipinski definition) is 5. The normalized spacial score (nSPS) is 20.8. The molecule has 2 aliphatic heterocycles. The third-order valence-electron chi connectivity index (χ3n) is 4.82. The molecule has 1 aromatic rings. The molecule has 0 aromatic heterocycles. The van der Waals surface area contributed by atoms with Gasteiger partial charge < -0.3 is 24.6 Å². The zero-order valence-corrected chi connectivity index (χ0v) is 15.3. The first kappa shape index (κ1) is 18.5. The molecule has 0 spiro atoms. The first-order valence-electron chi connectivity index (χ1n) is 9.31. The fourth-order valence-electron chi connectivity index (χ4n) is 3.52. The third kappa shape index (κ3) is 4.46. The summed E-state index contributed by atoms with van der Waals surface area (Å²) in [6, 6.07) is 7.47. The largest absolute Gasteiger partial charge is 0.490 e. The summed E-state index contributed by atoms with van der Waals surface area (Å²) in [7, 11) is 0. The van der Waals surface area contributed by atoms with Crippen molar-refractivity contribution in [2.45, 2.75) is 25.8 Å². The Kier molecular flexibility index (Phi) is 6.33. The molecule has 2 aliphatic rings. The first-order chi connectivity index (χ1) is 12.7. The Bertz CT molecular complexity index is 637. The Balaban J connectivity index is 1.55. The van der Waals surface area contributed by atoms with Gasteiger partial charge in [0.05, 0.1) is 13.2 Å². The lowest BCUT2D eigenvalue weighted by Crippen LogP contribution is -2.57. The van der Waals surface area contributed by atoms with Crippen LogP contribution in [0.4, 0.5) is 0 Å². The van der Waals surface area contributed by atoms with Gasteiger partial charge in [-0.2, -0.15) is 0 Å². The molecule has 0 saturated carbocycles. The monoisotopic (exact) mass is 361 g/mol. The molecule has 1 unspecified atom stereocenters.